The van der Waals surface area contributed by atoms with Gasteiger partial charge in [0, 0.05) is 21.3 Å². The molecule has 3 nitrogen and oxygen atoms in total. The fraction of sp³-hybridized carbons (Fsp3) is 0.900. The van der Waals surface area contributed by atoms with Crippen LogP contribution in [-0.2, 0) is 14.3 Å². The van der Waals surface area contributed by atoms with Gasteiger partial charge in [-0.3, -0.25) is 9.59 Å². The molecule has 1 aliphatic heterocycles. The van der Waals surface area contributed by atoms with Crippen molar-refractivity contribution in [3.63, 3.8) is 0 Å². The van der Waals surface area contributed by atoms with Crippen molar-refractivity contribution in [3.8, 4) is 0 Å². The maximum Gasteiger partial charge on any atom is 0.309 e. The molecule has 0 bridgehead atoms. The lowest BCUT2D eigenvalue weighted by atomic mass is 9.87. The van der Waals surface area contributed by atoms with Crippen LogP contribution in [0.15, 0.2) is 0 Å². The fourth-order valence-electron chi connectivity index (χ4n) is 3.49. The lowest BCUT2D eigenvalue weighted by Crippen LogP contribution is -2.40. The first kappa shape index (κ1) is 21.5. The van der Waals surface area contributed by atoms with Crippen LogP contribution in [0.1, 0.15) is 87.0 Å². The van der Waals surface area contributed by atoms with Crippen LogP contribution in [0.2, 0.25) is 0 Å². The van der Waals surface area contributed by atoms with Crippen molar-refractivity contribution in [1.29, 1.82) is 0 Å². The summed E-state index contributed by atoms with van der Waals surface area (Å²) in [6.07, 6.45) is 5.07. The first-order valence-electron chi connectivity index (χ1n) is 9.23. The molecule has 0 aromatic heterocycles. The van der Waals surface area contributed by atoms with Crippen molar-refractivity contribution in [3.05, 3.63) is 0 Å². The van der Waals surface area contributed by atoms with E-state index in [2.05, 4.69) is 27.7 Å². The largest absolute Gasteiger partial charge is 0.465 e. The Balaban J connectivity index is 2.26. The molecule has 0 aliphatic carbocycles. The number of ketones is 1. The highest BCUT2D eigenvalue weighted by molar-refractivity contribution is 8.01. The molecule has 140 valence electrons. The molecule has 24 heavy (non-hydrogen) atoms. The van der Waals surface area contributed by atoms with Gasteiger partial charge in [-0.2, -0.15) is 0 Å². The molecule has 4 heteroatoms. The van der Waals surface area contributed by atoms with Crippen LogP contribution in [0.3, 0.4) is 0 Å². The minimum atomic E-state index is -0.245. The molecule has 1 saturated heterocycles. The Hall–Kier alpha value is -0.510. The summed E-state index contributed by atoms with van der Waals surface area (Å²) in [5.74, 6) is 0.282. The van der Waals surface area contributed by atoms with Crippen molar-refractivity contribution in [2.24, 2.45) is 11.3 Å². The van der Waals surface area contributed by atoms with Gasteiger partial charge in [0.15, 0.2) is 0 Å². The number of esters is 1. The van der Waals surface area contributed by atoms with Crippen LogP contribution in [0.5, 0.6) is 0 Å². The smallest absolute Gasteiger partial charge is 0.309 e. The summed E-state index contributed by atoms with van der Waals surface area (Å²) in [7, 11) is 0. The summed E-state index contributed by atoms with van der Waals surface area (Å²) in [6, 6.07) is 0. The Labute approximate surface area is 152 Å². The van der Waals surface area contributed by atoms with Gasteiger partial charge in [0.1, 0.15) is 5.78 Å². The first-order valence-corrected chi connectivity index (χ1v) is 10.0. The average molecular weight is 357 g/mol. The zero-order valence-corrected chi connectivity index (χ0v) is 17.5. The highest BCUT2D eigenvalue weighted by Crippen LogP contribution is 2.49. The summed E-state index contributed by atoms with van der Waals surface area (Å²) in [5.41, 5.74) is -0.245. The van der Waals surface area contributed by atoms with E-state index in [9.17, 15) is 9.59 Å². The second kappa shape index (κ2) is 8.25. The predicted molar refractivity (Wildman–Crippen MR) is 102 cm³/mol. The van der Waals surface area contributed by atoms with E-state index in [0.29, 0.717) is 18.8 Å². The summed E-state index contributed by atoms with van der Waals surface area (Å²) in [5, 5.41) is 0. The van der Waals surface area contributed by atoms with Gasteiger partial charge < -0.3 is 4.74 Å². The molecule has 0 spiro atoms. The number of thioether (sulfide) groups is 1. The van der Waals surface area contributed by atoms with E-state index >= 15 is 0 Å². The second-order valence-electron chi connectivity index (χ2n) is 9.38. The number of hydrogen-bond donors (Lipinski definition) is 0. The summed E-state index contributed by atoms with van der Waals surface area (Å²) < 4.78 is 5.76. The molecule has 0 unspecified atom stereocenters. The summed E-state index contributed by atoms with van der Waals surface area (Å²) in [4.78, 5) is 24.2. The van der Waals surface area contributed by atoms with E-state index in [4.69, 9.17) is 4.74 Å². The van der Waals surface area contributed by atoms with Gasteiger partial charge in [0.05, 0.1) is 12.5 Å². The normalized spacial score (nSPS) is 20.6. The van der Waals surface area contributed by atoms with Gasteiger partial charge in [0.2, 0.25) is 0 Å². The molecule has 0 radical (unpaired) electrons. The number of rotatable bonds is 7. The number of Topliss-reactive ketones (excluding diaryl/α,β-unsaturated/α-hetero) is 1. The molecular formula is C20H36O3S. The van der Waals surface area contributed by atoms with Gasteiger partial charge in [-0.25, -0.2) is 0 Å². The molecule has 1 heterocycles. The molecule has 1 rings (SSSR count). The summed E-state index contributed by atoms with van der Waals surface area (Å²) in [6.45, 7) is 15.2. The first-order chi connectivity index (χ1) is 10.8. The SMILES string of the molecule is CC1(C)CC(C(=O)OCCCCCC(=O)C(C)(C)C)CC(C)(C)S1. The third-order valence-electron chi connectivity index (χ3n) is 4.49. The van der Waals surface area contributed by atoms with Crippen molar-refractivity contribution < 1.29 is 14.3 Å². The lowest BCUT2D eigenvalue weighted by Gasteiger charge is -2.43. The Morgan fingerprint density at radius 2 is 1.54 bits per heavy atom. The highest BCUT2D eigenvalue weighted by atomic mass is 32.2. The molecule has 0 N–H and O–H groups in total. The van der Waals surface area contributed by atoms with E-state index in [-0.39, 0.29) is 26.8 Å². The quantitative estimate of drug-likeness (QED) is 0.452. The highest BCUT2D eigenvalue weighted by Gasteiger charge is 2.42. The number of unbranched alkanes of at least 4 members (excludes halogenated alkanes) is 2. The van der Waals surface area contributed by atoms with E-state index in [1.165, 1.54) is 0 Å². The van der Waals surface area contributed by atoms with Crippen LogP contribution >= 0.6 is 11.8 Å². The van der Waals surface area contributed by atoms with Gasteiger partial charge >= 0.3 is 5.97 Å². The van der Waals surface area contributed by atoms with Crippen LogP contribution in [0.25, 0.3) is 0 Å². The maximum absolute atomic E-state index is 12.4. The van der Waals surface area contributed by atoms with Crippen molar-refractivity contribution >= 4 is 23.5 Å². The molecule has 0 aromatic rings. The van der Waals surface area contributed by atoms with E-state index < -0.39 is 0 Å². The fourth-order valence-corrected chi connectivity index (χ4v) is 5.55. The molecule has 1 fully saturated rings. The van der Waals surface area contributed by atoms with Crippen LogP contribution < -0.4 is 0 Å². The minimum Gasteiger partial charge on any atom is -0.465 e. The monoisotopic (exact) mass is 356 g/mol. The van der Waals surface area contributed by atoms with Crippen molar-refractivity contribution in [1.82, 2.24) is 0 Å². The van der Waals surface area contributed by atoms with Crippen LogP contribution in [-0.4, -0.2) is 27.9 Å². The number of ether oxygens (including phenoxy) is 1. The Kier molecular flexibility index (Phi) is 7.40. The average Bonchev–Trinajstić information content (AvgIpc) is 2.37. The minimum absolute atomic E-state index is 0.0127. The van der Waals surface area contributed by atoms with Crippen LogP contribution in [0, 0.1) is 11.3 Å². The predicted octanol–water partition coefficient (Wildman–Crippen LogP) is 5.41. The topological polar surface area (TPSA) is 43.4 Å². The molecule has 1 aliphatic rings. The molecule has 0 atom stereocenters. The number of hydrogen-bond acceptors (Lipinski definition) is 4. The number of carbonyl (C=O) groups excluding carboxylic acids is 2. The summed E-state index contributed by atoms with van der Waals surface area (Å²) >= 11 is 1.97. The van der Waals surface area contributed by atoms with Gasteiger partial charge in [-0.15, -0.1) is 11.8 Å². The Morgan fingerprint density at radius 1 is 1.00 bits per heavy atom. The lowest BCUT2D eigenvalue weighted by molar-refractivity contribution is -0.149. The third kappa shape index (κ3) is 7.58. The van der Waals surface area contributed by atoms with E-state index in [1.807, 2.05) is 32.5 Å². The van der Waals surface area contributed by atoms with Crippen molar-refractivity contribution in [2.45, 2.75) is 96.5 Å². The molecular weight excluding hydrogens is 320 g/mol. The Morgan fingerprint density at radius 3 is 2.04 bits per heavy atom. The Bertz CT molecular complexity index is 430. The van der Waals surface area contributed by atoms with E-state index in [1.54, 1.807) is 0 Å². The standard InChI is InChI=1S/C20H36O3S/c1-18(2,3)16(21)11-9-8-10-12-23-17(22)15-13-19(4,5)24-20(6,7)14-15/h15H,8-14H2,1-7H3. The maximum atomic E-state index is 12.4. The third-order valence-corrected chi connectivity index (χ3v) is 5.93. The zero-order valence-electron chi connectivity index (χ0n) is 16.7. The van der Waals surface area contributed by atoms with Crippen LogP contribution in [0.4, 0.5) is 0 Å². The van der Waals surface area contributed by atoms with Gasteiger partial charge in [-0.05, 0) is 32.1 Å². The molecule has 0 aromatic carbocycles. The number of carbonyl (C=O) groups is 2. The second-order valence-corrected chi connectivity index (χ2v) is 11.8. The van der Waals surface area contributed by atoms with Gasteiger partial charge in [-0.1, -0.05) is 48.5 Å². The zero-order chi connectivity index (χ0) is 18.6. The molecule has 0 amide bonds. The molecule has 0 saturated carbocycles. The van der Waals surface area contributed by atoms with Gasteiger partial charge in [0.25, 0.3) is 0 Å². The van der Waals surface area contributed by atoms with E-state index in [0.717, 1.165) is 32.1 Å². The van der Waals surface area contributed by atoms with Crippen molar-refractivity contribution in [2.75, 3.05) is 6.61 Å².